The van der Waals surface area contributed by atoms with E-state index in [1.807, 2.05) is 43.3 Å². The van der Waals surface area contributed by atoms with Gasteiger partial charge in [0, 0.05) is 25.8 Å². The highest BCUT2D eigenvalue weighted by Crippen LogP contribution is 2.25. The fourth-order valence-electron chi connectivity index (χ4n) is 2.52. The molecule has 3 aromatic rings. The molecule has 0 atom stereocenters. The van der Waals surface area contributed by atoms with Crippen LogP contribution < -0.4 is 10.2 Å². The number of aromatic nitrogens is 2. The highest BCUT2D eigenvalue weighted by Gasteiger charge is 2.16. The summed E-state index contributed by atoms with van der Waals surface area (Å²) in [5, 5.41) is 6.87. The molecule has 27 heavy (non-hydrogen) atoms. The van der Waals surface area contributed by atoms with Crippen LogP contribution in [0.4, 0.5) is 15.9 Å². The van der Waals surface area contributed by atoms with E-state index in [2.05, 4.69) is 10.4 Å². The molecule has 1 aromatic heterocycles. The predicted molar refractivity (Wildman–Crippen MR) is 106 cm³/mol. The Morgan fingerprint density at radius 3 is 2.52 bits per heavy atom. The smallest absolute Gasteiger partial charge is 0.258 e. The normalized spacial score (nSPS) is 10.7. The number of carbonyl (C=O) groups is 1. The molecule has 1 N–H and O–H groups in total. The van der Waals surface area contributed by atoms with E-state index in [4.69, 9.17) is 23.2 Å². The average molecular weight is 407 g/mol. The van der Waals surface area contributed by atoms with Crippen molar-refractivity contribution in [1.29, 1.82) is 0 Å². The second-order valence-corrected chi connectivity index (χ2v) is 6.95. The molecule has 0 aliphatic rings. The lowest BCUT2D eigenvalue weighted by Crippen LogP contribution is -2.17. The molecule has 1 amide bonds. The minimum absolute atomic E-state index is 0.00153. The minimum atomic E-state index is -0.708. The van der Waals surface area contributed by atoms with Gasteiger partial charge in [-0.25, -0.2) is 9.07 Å². The summed E-state index contributed by atoms with van der Waals surface area (Å²) in [7, 11) is 3.95. The van der Waals surface area contributed by atoms with Gasteiger partial charge in [0.05, 0.1) is 28.4 Å². The van der Waals surface area contributed by atoms with E-state index < -0.39 is 11.7 Å². The van der Waals surface area contributed by atoms with Gasteiger partial charge in [-0.3, -0.25) is 4.79 Å². The van der Waals surface area contributed by atoms with Crippen LogP contribution in [0, 0.1) is 5.82 Å². The molecular weight excluding hydrogens is 390 g/mol. The number of benzene rings is 2. The van der Waals surface area contributed by atoms with Gasteiger partial charge in [-0.15, -0.1) is 0 Å². The summed E-state index contributed by atoms with van der Waals surface area (Å²) in [5.74, 6) is -0.774. The lowest BCUT2D eigenvalue weighted by atomic mass is 10.2. The zero-order valence-electron chi connectivity index (χ0n) is 14.7. The maximum atomic E-state index is 13.7. The molecule has 0 saturated heterocycles. The first-order chi connectivity index (χ1) is 12.8. The summed E-state index contributed by atoms with van der Waals surface area (Å²) in [6, 6.07) is 11.9. The Labute approximate surface area is 166 Å². The molecular formula is C19H17Cl2FN4O. The van der Waals surface area contributed by atoms with Crippen LogP contribution in [0.25, 0.3) is 0 Å². The molecule has 140 valence electrons. The number of anilines is 2. The maximum absolute atomic E-state index is 13.7. The van der Waals surface area contributed by atoms with E-state index in [1.165, 1.54) is 6.07 Å². The van der Waals surface area contributed by atoms with Gasteiger partial charge in [-0.05, 0) is 29.8 Å². The molecule has 1 heterocycles. The van der Waals surface area contributed by atoms with E-state index in [0.717, 1.165) is 17.3 Å². The van der Waals surface area contributed by atoms with Crippen molar-refractivity contribution in [3.05, 3.63) is 75.7 Å². The van der Waals surface area contributed by atoms with Crippen LogP contribution in [0.5, 0.6) is 0 Å². The first-order valence-corrected chi connectivity index (χ1v) is 8.84. The van der Waals surface area contributed by atoms with Crippen molar-refractivity contribution >= 4 is 40.6 Å². The van der Waals surface area contributed by atoms with Crippen molar-refractivity contribution in [2.24, 2.45) is 0 Å². The van der Waals surface area contributed by atoms with Crippen LogP contribution in [0.3, 0.4) is 0 Å². The number of nitrogens with zero attached hydrogens (tertiary/aromatic N) is 3. The molecule has 2 aromatic carbocycles. The van der Waals surface area contributed by atoms with Gasteiger partial charge in [0.1, 0.15) is 11.6 Å². The number of hydrogen-bond donors (Lipinski definition) is 1. The van der Waals surface area contributed by atoms with Crippen LogP contribution >= 0.6 is 23.2 Å². The maximum Gasteiger partial charge on any atom is 0.258 e. The highest BCUT2D eigenvalue weighted by atomic mass is 35.5. The Morgan fingerprint density at radius 2 is 1.85 bits per heavy atom. The average Bonchev–Trinajstić information content (AvgIpc) is 3.05. The molecule has 0 unspecified atom stereocenters. The lowest BCUT2D eigenvalue weighted by molar-refractivity contribution is 0.102. The topological polar surface area (TPSA) is 50.2 Å². The number of nitrogens with one attached hydrogen (secondary N) is 1. The summed E-state index contributed by atoms with van der Waals surface area (Å²) in [5.41, 5.74) is 2.11. The van der Waals surface area contributed by atoms with Crippen LogP contribution in [-0.2, 0) is 6.54 Å². The third kappa shape index (κ3) is 4.40. The van der Waals surface area contributed by atoms with Crippen molar-refractivity contribution in [2.75, 3.05) is 24.3 Å². The fourth-order valence-corrected chi connectivity index (χ4v) is 2.99. The Morgan fingerprint density at radius 1 is 1.15 bits per heavy atom. The molecule has 0 fully saturated rings. The van der Waals surface area contributed by atoms with Gasteiger partial charge in [0.2, 0.25) is 0 Å². The van der Waals surface area contributed by atoms with E-state index in [1.54, 1.807) is 16.9 Å². The Bertz CT molecular complexity index is 970. The molecule has 0 spiro atoms. The van der Waals surface area contributed by atoms with Crippen molar-refractivity contribution in [3.63, 3.8) is 0 Å². The van der Waals surface area contributed by atoms with Gasteiger partial charge in [0.15, 0.2) is 0 Å². The van der Waals surface area contributed by atoms with Crippen LogP contribution in [-0.4, -0.2) is 29.8 Å². The molecule has 0 saturated carbocycles. The molecule has 5 nitrogen and oxygen atoms in total. The summed E-state index contributed by atoms with van der Waals surface area (Å²) >= 11 is 11.7. The van der Waals surface area contributed by atoms with Crippen molar-refractivity contribution in [2.45, 2.75) is 6.54 Å². The summed E-state index contributed by atoms with van der Waals surface area (Å²) in [6.07, 6.45) is 1.58. The zero-order chi connectivity index (χ0) is 19.6. The third-order valence-corrected chi connectivity index (χ3v) is 4.60. The molecule has 0 aliphatic carbocycles. The Kier molecular flexibility index (Phi) is 5.68. The SMILES string of the molecule is CN(C)c1ccc(Cn2nccc2NC(=O)c2cc(F)c(Cl)cc2Cl)cc1. The third-order valence-electron chi connectivity index (χ3n) is 4.00. The fraction of sp³-hybridized carbons (Fsp3) is 0.158. The second kappa shape index (κ2) is 7.98. The summed E-state index contributed by atoms with van der Waals surface area (Å²) in [4.78, 5) is 14.5. The molecule has 0 bridgehead atoms. The van der Waals surface area contributed by atoms with Crippen molar-refractivity contribution < 1.29 is 9.18 Å². The van der Waals surface area contributed by atoms with E-state index in [-0.39, 0.29) is 15.6 Å². The number of amides is 1. The Hall–Kier alpha value is -2.57. The van der Waals surface area contributed by atoms with Crippen LogP contribution in [0.15, 0.2) is 48.7 Å². The summed E-state index contributed by atoms with van der Waals surface area (Å²) in [6.45, 7) is 0.471. The largest absolute Gasteiger partial charge is 0.378 e. The first-order valence-electron chi connectivity index (χ1n) is 8.09. The first kappa shape index (κ1) is 19.2. The zero-order valence-corrected chi connectivity index (χ0v) is 16.2. The van der Waals surface area contributed by atoms with Gasteiger partial charge >= 0.3 is 0 Å². The molecule has 0 aliphatic heterocycles. The predicted octanol–water partition coefficient (Wildman–Crippen LogP) is 4.70. The van der Waals surface area contributed by atoms with Crippen LogP contribution in [0.2, 0.25) is 10.0 Å². The monoisotopic (exact) mass is 406 g/mol. The van der Waals surface area contributed by atoms with Gasteiger partial charge in [-0.2, -0.15) is 5.10 Å². The highest BCUT2D eigenvalue weighted by molar-refractivity contribution is 6.37. The summed E-state index contributed by atoms with van der Waals surface area (Å²) < 4.78 is 15.3. The number of hydrogen-bond acceptors (Lipinski definition) is 3. The number of rotatable bonds is 5. The lowest BCUT2D eigenvalue weighted by Gasteiger charge is -2.13. The molecule has 3 rings (SSSR count). The minimum Gasteiger partial charge on any atom is -0.378 e. The molecule has 8 heteroatoms. The van der Waals surface area contributed by atoms with E-state index in [0.29, 0.717) is 12.4 Å². The number of halogens is 3. The van der Waals surface area contributed by atoms with Gasteiger partial charge < -0.3 is 10.2 Å². The quantitative estimate of drug-likeness (QED) is 0.624. The standard InChI is InChI=1S/C19H17Cl2FN4O/c1-25(2)13-5-3-12(4-6-13)11-26-18(7-8-23-26)24-19(27)14-9-17(22)16(21)10-15(14)20/h3-10H,11H2,1-2H3,(H,24,27). The number of carbonyl (C=O) groups excluding carboxylic acids is 1. The van der Waals surface area contributed by atoms with Crippen molar-refractivity contribution in [3.8, 4) is 0 Å². The van der Waals surface area contributed by atoms with E-state index >= 15 is 0 Å². The Balaban J connectivity index is 1.77. The van der Waals surface area contributed by atoms with Gasteiger partial charge in [-0.1, -0.05) is 35.3 Å². The van der Waals surface area contributed by atoms with E-state index in [9.17, 15) is 9.18 Å². The van der Waals surface area contributed by atoms with Crippen LogP contribution in [0.1, 0.15) is 15.9 Å². The van der Waals surface area contributed by atoms with Gasteiger partial charge in [0.25, 0.3) is 5.91 Å². The second-order valence-electron chi connectivity index (χ2n) is 6.14. The molecule has 0 radical (unpaired) electrons. The van der Waals surface area contributed by atoms with Crippen molar-refractivity contribution in [1.82, 2.24) is 9.78 Å².